The summed E-state index contributed by atoms with van der Waals surface area (Å²) in [6.07, 6.45) is 7.10. The Morgan fingerprint density at radius 2 is 2.03 bits per heavy atom. The Bertz CT molecular complexity index is 1230. The molecule has 0 saturated heterocycles. The summed E-state index contributed by atoms with van der Waals surface area (Å²) in [6.45, 7) is 3.76. The summed E-state index contributed by atoms with van der Waals surface area (Å²) < 4.78 is 7.36. The van der Waals surface area contributed by atoms with E-state index in [2.05, 4.69) is 4.98 Å². The quantitative estimate of drug-likeness (QED) is 0.208. The number of aryl methyl sites for hydroxylation is 1. The second-order valence-electron chi connectivity index (χ2n) is 7.31. The first-order valence-corrected chi connectivity index (χ1v) is 11.5. The number of halogens is 1. The van der Waals surface area contributed by atoms with Crippen LogP contribution in [0.3, 0.4) is 0 Å². The number of anilines is 1. The first-order valence-electron chi connectivity index (χ1n) is 10.3. The number of nitrogens with zero attached hydrogens (tertiary/aromatic N) is 2. The number of nitrogens with two attached hydrogens (primary N) is 1. The normalized spacial score (nSPS) is 11.7. The van der Waals surface area contributed by atoms with E-state index >= 15 is 0 Å². The molecule has 0 aliphatic heterocycles. The first kappa shape index (κ1) is 24.4. The average molecular weight is 483 g/mol. The van der Waals surface area contributed by atoms with Gasteiger partial charge in [-0.3, -0.25) is 4.79 Å². The number of carbonyl (C=O) groups excluding carboxylic acids is 2. The van der Waals surface area contributed by atoms with Crippen molar-refractivity contribution in [2.75, 3.05) is 19.4 Å². The molecule has 2 heterocycles. The number of nitrogen functional groups attached to an aromatic ring is 1. The van der Waals surface area contributed by atoms with Gasteiger partial charge < -0.3 is 10.5 Å². The van der Waals surface area contributed by atoms with Crippen LogP contribution in [0.5, 0.6) is 5.75 Å². The first-order chi connectivity index (χ1) is 15.8. The van der Waals surface area contributed by atoms with Crippen molar-refractivity contribution in [2.24, 2.45) is 0 Å². The lowest BCUT2D eigenvalue weighted by molar-refractivity contribution is -0.409. The molecule has 8 heteroatoms. The van der Waals surface area contributed by atoms with Crippen LogP contribution in [0.15, 0.2) is 48.7 Å². The predicted molar refractivity (Wildman–Crippen MR) is 135 cm³/mol. The van der Waals surface area contributed by atoms with Crippen molar-refractivity contribution in [2.45, 2.75) is 20.3 Å². The molecule has 2 N–H and O–H groups in total. The number of hydrogen-bond acceptors (Lipinski definition) is 6. The lowest BCUT2D eigenvalue weighted by Gasteiger charge is -2.12. The maximum Gasteiger partial charge on any atom is 0.411 e. The van der Waals surface area contributed by atoms with Crippen LogP contribution in [0.1, 0.15) is 34.6 Å². The van der Waals surface area contributed by atoms with Crippen LogP contribution in [0.4, 0.5) is 5.82 Å². The molecule has 1 amide bonds. The Labute approximate surface area is 202 Å². The number of likely N-dealkylation sites (N-methyl/N-ethyl adjacent to an activating group) is 1. The number of ketones is 1. The molecule has 33 heavy (non-hydrogen) atoms. The second-order valence-corrected chi connectivity index (χ2v) is 8.80. The van der Waals surface area contributed by atoms with Crippen molar-refractivity contribution in [3.8, 4) is 16.2 Å². The monoisotopic (exact) mass is 482 g/mol. The molecule has 0 saturated carbocycles. The SMILES string of the molecule is CCc1cc(-c2ccc(C(C)=O)s2)cc(Cl)c1OCC=[N+](C)C(=O)C=Cc1ccc(N)nc1. The Balaban J connectivity index is 1.69. The third-order valence-electron chi connectivity index (χ3n) is 4.89. The Kier molecular flexibility index (Phi) is 8.14. The van der Waals surface area contributed by atoms with Gasteiger partial charge >= 0.3 is 5.91 Å². The molecule has 6 nitrogen and oxygen atoms in total. The summed E-state index contributed by atoms with van der Waals surface area (Å²) >= 11 is 7.97. The van der Waals surface area contributed by atoms with Gasteiger partial charge in [-0.15, -0.1) is 11.3 Å². The molecule has 0 bridgehead atoms. The predicted octanol–water partition coefficient (Wildman–Crippen LogP) is 5.14. The fourth-order valence-corrected chi connectivity index (χ4v) is 4.20. The van der Waals surface area contributed by atoms with E-state index in [0.717, 1.165) is 28.0 Å². The van der Waals surface area contributed by atoms with Crippen LogP contribution >= 0.6 is 22.9 Å². The van der Waals surface area contributed by atoms with Gasteiger partial charge in [-0.25, -0.2) is 9.78 Å². The number of carbonyl (C=O) groups is 2. The molecule has 170 valence electrons. The minimum Gasteiger partial charge on any atom is -0.481 e. The molecule has 0 aliphatic carbocycles. The van der Waals surface area contributed by atoms with Gasteiger partial charge in [0.25, 0.3) is 0 Å². The zero-order chi connectivity index (χ0) is 24.0. The van der Waals surface area contributed by atoms with Gasteiger partial charge in [-0.1, -0.05) is 18.5 Å². The van der Waals surface area contributed by atoms with Crippen molar-refractivity contribution >= 4 is 52.7 Å². The van der Waals surface area contributed by atoms with Crippen LogP contribution in [-0.2, 0) is 11.2 Å². The average Bonchev–Trinajstić information content (AvgIpc) is 3.30. The summed E-state index contributed by atoms with van der Waals surface area (Å²) in [5.74, 6) is 0.857. The van der Waals surface area contributed by atoms with Crippen molar-refractivity contribution in [3.63, 3.8) is 0 Å². The number of ether oxygens (including phenoxy) is 1. The van der Waals surface area contributed by atoms with Crippen molar-refractivity contribution < 1.29 is 18.9 Å². The molecule has 0 unspecified atom stereocenters. The highest BCUT2D eigenvalue weighted by Crippen LogP contribution is 2.37. The number of hydrogen-bond donors (Lipinski definition) is 1. The van der Waals surface area contributed by atoms with E-state index in [1.54, 1.807) is 44.6 Å². The molecule has 0 fully saturated rings. The van der Waals surface area contributed by atoms with E-state index < -0.39 is 0 Å². The van der Waals surface area contributed by atoms with Crippen molar-refractivity contribution in [3.05, 3.63) is 69.7 Å². The lowest BCUT2D eigenvalue weighted by Crippen LogP contribution is -2.18. The van der Waals surface area contributed by atoms with E-state index in [-0.39, 0.29) is 18.3 Å². The summed E-state index contributed by atoms with van der Waals surface area (Å²) in [7, 11) is 1.66. The summed E-state index contributed by atoms with van der Waals surface area (Å²) in [6, 6.07) is 11.1. The van der Waals surface area contributed by atoms with E-state index in [9.17, 15) is 9.59 Å². The van der Waals surface area contributed by atoms with Gasteiger partial charge in [0.05, 0.1) is 16.0 Å². The molecule has 1 aromatic carbocycles. The van der Waals surface area contributed by atoms with Crippen molar-refractivity contribution in [1.82, 2.24) is 4.98 Å². The topological polar surface area (TPSA) is 85.3 Å². The second kappa shape index (κ2) is 11.0. The number of rotatable bonds is 8. The molecular weight excluding hydrogens is 458 g/mol. The zero-order valence-corrected chi connectivity index (χ0v) is 20.2. The third kappa shape index (κ3) is 6.37. The van der Waals surface area contributed by atoms with E-state index in [4.69, 9.17) is 22.1 Å². The van der Waals surface area contributed by atoms with E-state index in [1.165, 1.54) is 22.0 Å². The molecule has 2 aromatic heterocycles. The fourth-order valence-electron chi connectivity index (χ4n) is 3.02. The summed E-state index contributed by atoms with van der Waals surface area (Å²) in [5.41, 5.74) is 8.24. The maximum absolute atomic E-state index is 12.3. The number of pyridine rings is 1. The highest BCUT2D eigenvalue weighted by Gasteiger charge is 2.14. The zero-order valence-electron chi connectivity index (χ0n) is 18.7. The van der Waals surface area contributed by atoms with Gasteiger partial charge in [0.15, 0.2) is 18.6 Å². The van der Waals surface area contributed by atoms with Gasteiger partial charge in [0, 0.05) is 11.1 Å². The number of benzene rings is 1. The number of Topliss-reactive ketones (excluding diaryl/α,β-unsaturated/α-hetero) is 1. The summed E-state index contributed by atoms with van der Waals surface area (Å²) in [5, 5.41) is 0.486. The maximum atomic E-state index is 12.3. The van der Waals surface area contributed by atoms with Crippen LogP contribution in [0, 0.1) is 0 Å². The Morgan fingerprint density at radius 1 is 1.24 bits per heavy atom. The molecule has 0 radical (unpaired) electrons. The van der Waals surface area contributed by atoms with E-state index in [1.807, 2.05) is 31.2 Å². The van der Waals surface area contributed by atoms with Crippen LogP contribution in [-0.4, -0.2) is 41.1 Å². The summed E-state index contributed by atoms with van der Waals surface area (Å²) in [4.78, 5) is 29.6. The molecule has 0 atom stereocenters. The minimum atomic E-state index is -0.202. The van der Waals surface area contributed by atoms with Gasteiger partial charge in [0.2, 0.25) is 0 Å². The Hall–Kier alpha value is -3.29. The number of thiophene rings is 1. The van der Waals surface area contributed by atoms with Gasteiger partial charge in [-0.05, 0) is 72.5 Å². The van der Waals surface area contributed by atoms with Gasteiger partial charge in [-0.2, -0.15) is 4.58 Å². The smallest absolute Gasteiger partial charge is 0.411 e. The molecule has 3 aromatic rings. The molecule has 0 aliphatic rings. The van der Waals surface area contributed by atoms with Crippen molar-refractivity contribution in [1.29, 1.82) is 0 Å². The lowest BCUT2D eigenvalue weighted by atomic mass is 10.1. The largest absolute Gasteiger partial charge is 0.481 e. The highest BCUT2D eigenvalue weighted by molar-refractivity contribution is 7.17. The fraction of sp³-hybridized carbons (Fsp3) is 0.200. The standard InChI is InChI=1S/C25H24ClN3O3S/c1-4-18-13-19(22-8-7-21(33-22)16(2)30)14-20(26)25(18)32-12-11-29(3)24(31)10-6-17-5-9-23(27)28-15-17/h5-11,13-15H,4,12H2,1-3H3,(H-,27,28,31)/p+1. The Morgan fingerprint density at radius 3 is 2.67 bits per heavy atom. The minimum absolute atomic E-state index is 0.0437. The molecule has 0 spiro atoms. The number of aromatic nitrogens is 1. The third-order valence-corrected chi connectivity index (χ3v) is 6.41. The van der Waals surface area contributed by atoms with Crippen LogP contribution in [0.2, 0.25) is 5.02 Å². The van der Waals surface area contributed by atoms with E-state index in [0.29, 0.717) is 21.5 Å². The molecule has 3 rings (SSSR count). The van der Waals surface area contributed by atoms with Crippen LogP contribution < -0.4 is 10.5 Å². The molecular formula is C25H25ClN3O3S+. The van der Waals surface area contributed by atoms with Gasteiger partial charge in [0.1, 0.15) is 18.6 Å². The van der Waals surface area contributed by atoms with Crippen LogP contribution in [0.25, 0.3) is 16.5 Å². The number of amides is 1. The highest BCUT2D eigenvalue weighted by atomic mass is 35.5.